The van der Waals surface area contributed by atoms with Gasteiger partial charge in [0.2, 0.25) is 5.91 Å². The van der Waals surface area contributed by atoms with E-state index in [0.717, 1.165) is 38.8 Å². The molecule has 0 atom stereocenters. The molecule has 0 aliphatic heterocycles. The molecule has 30 heavy (non-hydrogen) atoms. The van der Waals surface area contributed by atoms with E-state index >= 15 is 0 Å². The van der Waals surface area contributed by atoms with Crippen LogP contribution in [0.2, 0.25) is 0 Å². The van der Waals surface area contributed by atoms with E-state index in [0.29, 0.717) is 0 Å². The Balaban J connectivity index is 1.45. The van der Waals surface area contributed by atoms with Gasteiger partial charge in [0.1, 0.15) is 10.8 Å². The maximum Gasteiger partial charge on any atom is 0.248 e. The van der Waals surface area contributed by atoms with Crippen molar-refractivity contribution in [2.45, 2.75) is 0 Å². The Hall–Kier alpha value is -3.77. The average molecular weight is 414 g/mol. The number of hydrogen-bond acceptors (Lipinski definition) is 5. The average Bonchev–Trinajstić information content (AvgIpc) is 3.29. The number of pyridine rings is 1. The fourth-order valence-electron chi connectivity index (χ4n) is 2.86. The van der Waals surface area contributed by atoms with Crippen LogP contribution < -0.4 is 10.1 Å². The molecule has 2 aromatic carbocycles. The van der Waals surface area contributed by atoms with Crippen molar-refractivity contribution in [1.29, 1.82) is 0 Å². The number of anilines is 1. The summed E-state index contributed by atoms with van der Waals surface area (Å²) in [6.07, 6.45) is 6.79. The second-order valence-corrected chi connectivity index (χ2v) is 7.31. The van der Waals surface area contributed by atoms with Crippen LogP contribution >= 0.6 is 11.3 Å². The van der Waals surface area contributed by atoms with E-state index in [1.54, 1.807) is 36.9 Å². The Bertz CT molecular complexity index is 1170. The lowest BCUT2D eigenvalue weighted by Crippen LogP contribution is -2.07. The number of aromatic nitrogens is 2. The molecule has 2 heterocycles. The van der Waals surface area contributed by atoms with Crippen molar-refractivity contribution in [2.24, 2.45) is 0 Å². The first kappa shape index (κ1) is 19.5. The zero-order valence-corrected chi connectivity index (χ0v) is 17.1. The molecule has 6 heteroatoms. The van der Waals surface area contributed by atoms with Crippen LogP contribution in [0.1, 0.15) is 5.56 Å². The van der Waals surface area contributed by atoms with Gasteiger partial charge in [-0.25, -0.2) is 4.98 Å². The highest BCUT2D eigenvalue weighted by Crippen LogP contribution is 2.29. The zero-order chi connectivity index (χ0) is 20.8. The topological polar surface area (TPSA) is 64.1 Å². The molecule has 0 saturated heterocycles. The van der Waals surface area contributed by atoms with Crippen molar-refractivity contribution in [2.75, 3.05) is 12.4 Å². The summed E-state index contributed by atoms with van der Waals surface area (Å²) in [7, 11) is 1.62. The molecule has 0 unspecified atom stereocenters. The second-order valence-electron chi connectivity index (χ2n) is 6.45. The van der Waals surface area contributed by atoms with Crippen LogP contribution in [-0.2, 0) is 4.79 Å². The molecule has 0 saturated carbocycles. The molecule has 0 spiro atoms. The summed E-state index contributed by atoms with van der Waals surface area (Å²) in [6.45, 7) is 0. The number of amides is 1. The quantitative estimate of drug-likeness (QED) is 0.422. The highest BCUT2D eigenvalue weighted by atomic mass is 32.1. The van der Waals surface area contributed by atoms with Gasteiger partial charge in [0.25, 0.3) is 0 Å². The van der Waals surface area contributed by atoms with Gasteiger partial charge in [0.15, 0.2) is 0 Å². The Morgan fingerprint density at radius 1 is 1.03 bits per heavy atom. The van der Waals surface area contributed by atoms with Crippen molar-refractivity contribution < 1.29 is 9.53 Å². The van der Waals surface area contributed by atoms with Gasteiger partial charge in [-0.05, 0) is 48.0 Å². The van der Waals surface area contributed by atoms with Crippen LogP contribution in [0.25, 0.3) is 27.9 Å². The van der Waals surface area contributed by atoms with Crippen molar-refractivity contribution in [3.63, 3.8) is 0 Å². The third-order valence-corrected chi connectivity index (χ3v) is 5.29. The predicted octanol–water partition coefficient (Wildman–Crippen LogP) is 5.53. The highest BCUT2D eigenvalue weighted by Gasteiger charge is 2.08. The summed E-state index contributed by atoms with van der Waals surface area (Å²) in [6, 6.07) is 19.0. The predicted molar refractivity (Wildman–Crippen MR) is 121 cm³/mol. The molecule has 0 fully saturated rings. The van der Waals surface area contributed by atoms with E-state index in [4.69, 9.17) is 9.72 Å². The molecule has 0 bridgehead atoms. The molecule has 0 aliphatic rings. The van der Waals surface area contributed by atoms with Gasteiger partial charge in [-0.2, -0.15) is 0 Å². The number of carbonyl (C=O) groups excluding carboxylic acids is 1. The maximum absolute atomic E-state index is 12.3. The van der Waals surface area contributed by atoms with E-state index in [9.17, 15) is 4.79 Å². The van der Waals surface area contributed by atoms with Gasteiger partial charge < -0.3 is 10.1 Å². The van der Waals surface area contributed by atoms with Gasteiger partial charge in [-0.15, -0.1) is 11.3 Å². The number of nitrogens with one attached hydrogen (secondary N) is 1. The first-order valence-electron chi connectivity index (χ1n) is 9.31. The molecule has 0 radical (unpaired) electrons. The molecule has 5 nitrogen and oxygen atoms in total. The number of thiazole rings is 1. The van der Waals surface area contributed by atoms with Crippen LogP contribution in [0.5, 0.6) is 5.75 Å². The van der Waals surface area contributed by atoms with Gasteiger partial charge in [-0.1, -0.05) is 24.3 Å². The van der Waals surface area contributed by atoms with E-state index in [1.165, 1.54) is 6.08 Å². The van der Waals surface area contributed by atoms with Gasteiger partial charge >= 0.3 is 0 Å². The molecular formula is C24H19N3O2S. The normalized spacial score (nSPS) is 10.8. The summed E-state index contributed by atoms with van der Waals surface area (Å²) in [5.74, 6) is 0.585. The summed E-state index contributed by atoms with van der Waals surface area (Å²) in [5, 5.41) is 5.85. The SMILES string of the molecule is COc1ccc(/C=C/C(=O)Nc2cccc(-c3csc(-c4ccncc4)n3)c2)cc1. The number of ether oxygens (including phenoxy) is 1. The summed E-state index contributed by atoms with van der Waals surface area (Å²) >= 11 is 1.58. The number of rotatable bonds is 6. The monoisotopic (exact) mass is 413 g/mol. The second kappa shape index (κ2) is 9.15. The fraction of sp³-hybridized carbons (Fsp3) is 0.0417. The zero-order valence-electron chi connectivity index (χ0n) is 16.3. The Labute approximate surface area is 178 Å². The number of methoxy groups -OCH3 is 1. The van der Waals surface area contributed by atoms with Crippen LogP contribution in [-0.4, -0.2) is 23.0 Å². The molecule has 2 aromatic heterocycles. The first-order chi connectivity index (χ1) is 14.7. The third kappa shape index (κ3) is 4.79. The smallest absolute Gasteiger partial charge is 0.248 e. The van der Waals surface area contributed by atoms with Crippen LogP contribution in [0.3, 0.4) is 0 Å². The lowest BCUT2D eigenvalue weighted by atomic mass is 10.1. The number of hydrogen-bond donors (Lipinski definition) is 1. The van der Waals surface area contributed by atoms with Gasteiger partial charge in [-0.3, -0.25) is 9.78 Å². The van der Waals surface area contributed by atoms with Crippen LogP contribution in [0.4, 0.5) is 5.69 Å². The minimum absolute atomic E-state index is 0.196. The Morgan fingerprint density at radius 2 is 1.83 bits per heavy atom. The highest BCUT2D eigenvalue weighted by molar-refractivity contribution is 7.13. The molecule has 0 aliphatic carbocycles. The molecule has 1 N–H and O–H groups in total. The molecular weight excluding hydrogens is 394 g/mol. The van der Waals surface area contributed by atoms with Crippen molar-refractivity contribution >= 4 is 29.0 Å². The number of carbonyl (C=O) groups is 1. The third-order valence-electron chi connectivity index (χ3n) is 4.40. The van der Waals surface area contributed by atoms with Gasteiger partial charge in [0.05, 0.1) is 12.8 Å². The Morgan fingerprint density at radius 3 is 2.60 bits per heavy atom. The van der Waals surface area contributed by atoms with E-state index in [1.807, 2.05) is 66.0 Å². The lowest BCUT2D eigenvalue weighted by Gasteiger charge is -2.04. The standard InChI is InChI=1S/C24H19N3O2S/c1-29-21-8-5-17(6-9-21)7-10-23(28)26-20-4-2-3-19(15-20)22-16-30-24(27-22)18-11-13-25-14-12-18/h2-16H,1H3,(H,26,28)/b10-7+. The van der Waals surface area contributed by atoms with E-state index in [2.05, 4.69) is 10.3 Å². The lowest BCUT2D eigenvalue weighted by molar-refractivity contribution is -0.111. The minimum Gasteiger partial charge on any atom is -0.497 e. The van der Waals surface area contributed by atoms with Crippen molar-refractivity contribution in [3.8, 4) is 27.6 Å². The summed E-state index contributed by atoms with van der Waals surface area (Å²) in [4.78, 5) is 21.1. The van der Waals surface area contributed by atoms with Gasteiger partial charge in [0, 0.05) is 40.7 Å². The van der Waals surface area contributed by atoms with Crippen molar-refractivity contribution in [3.05, 3.63) is 90.1 Å². The van der Waals surface area contributed by atoms with Crippen molar-refractivity contribution in [1.82, 2.24) is 9.97 Å². The van der Waals surface area contributed by atoms with E-state index < -0.39 is 0 Å². The molecule has 148 valence electrons. The molecule has 4 rings (SSSR count). The number of benzene rings is 2. The first-order valence-corrected chi connectivity index (χ1v) is 10.2. The molecule has 1 amide bonds. The van der Waals surface area contributed by atoms with E-state index in [-0.39, 0.29) is 5.91 Å². The fourth-order valence-corrected chi connectivity index (χ4v) is 3.70. The maximum atomic E-state index is 12.3. The largest absolute Gasteiger partial charge is 0.497 e. The minimum atomic E-state index is -0.196. The summed E-state index contributed by atoms with van der Waals surface area (Å²) in [5.41, 5.74) is 4.50. The van der Waals surface area contributed by atoms with Crippen LogP contribution in [0, 0.1) is 0 Å². The summed E-state index contributed by atoms with van der Waals surface area (Å²) < 4.78 is 5.14. The number of nitrogens with zero attached hydrogens (tertiary/aromatic N) is 2. The Kier molecular flexibility index (Phi) is 5.96. The molecule has 4 aromatic rings. The van der Waals surface area contributed by atoms with Crippen LogP contribution in [0.15, 0.2) is 84.5 Å².